The van der Waals surface area contributed by atoms with Gasteiger partial charge in [0.1, 0.15) is 11.6 Å². The highest BCUT2D eigenvalue weighted by Crippen LogP contribution is 2.22. The molecule has 0 spiro atoms. The van der Waals surface area contributed by atoms with Crippen molar-refractivity contribution in [2.45, 2.75) is 24.5 Å². The smallest absolute Gasteiger partial charge is 0.277 e. The minimum Gasteiger partial charge on any atom is -0.484 e. The van der Waals surface area contributed by atoms with Crippen LogP contribution in [0.25, 0.3) is 0 Å². The number of halogens is 1. The van der Waals surface area contributed by atoms with Gasteiger partial charge in [0.15, 0.2) is 6.61 Å². The van der Waals surface area contributed by atoms with Crippen LogP contribution in [0.4, 0.5) is 10.1 Å². The molecule has 3 aromatic rings. The Morgan fingerprint density at radius 1 is 1.15 bits per heavy atom. The maximum atomic E-state index is 12.9. The van der Waals surface area contributed by atoms with E-state index in [4.69, 9.17) is 9.15 Å². The molecule has 1 heterocycles. The van der Waals surface area contributed by atoms with Crippen molar-refractivity contribution < 1.29 is 18.3 Å². The van der Waals surface area contributed by atoms with Gasteiger partial charge in [0.05, 0.1) is 0 Å². The zero-order chi connectivity index (χ0) is 18.4. The number of ether oxygens (including phenoxy) is 1. The molecule has 0 fully saturated rings. The summed E-state index contributed by atoms with van der Waals surface area (Å²) < 4.78 is 24.0. The molecule has 2 aromatic carbocycles. The maximum absolute atomic E-state index is 12.9. The largest absolute Gasteiger partial charge is 0.484 e. The molecule has 3 rings (SSSR count). The molecule has 134 valence electrons. The molecule has 26 heavy (non-hydrogen) atoms. The number of nitrogens with zero attached hydrogens (tertiary/aromatic N) is 2. The van der Waals surface area contributed by atoms with E-state index in [0.717, 1.165) is 5.56 Å². The molecule has 0 bridgehead atoms. The third-order valence-corrected chi connectivity index (χ3v) is 4.15. The van der Waals surface area contributed by atoms with Crippen LogP contribution in [0.15, 0.2) is 58.2 Å². The summed E-state index contributed by atoms with van der Waals surface area (Å²) in [6, 6.07) is 13.2. The van der Waals surface area contributed by atoms with Crippen LogP contribution in [-0.4, -0.2) is 16.1 Å². The minimum absolute atomic E-state index is 0.129. The van der Waals surface area contributed by atoms with E-state index in [0.29, 0.717) is 28.3 Å². The van der Waals surface area contributed by atoms with Gasteiger partial charge in [-0.3, -0.25) is 4.79 Å². The Balaban J connectivity index is 1.48. The monoisotopic (exact) mass is 373 g/mol. The Hall–Kier alpha value is -2.87. The van der Waals surface area contributed by atoms with Gasteiger partial charge < -0.3 is 14.5 Å². The fourth-order valence-corrected chi connectivity index (χ4v) is 2.80. The second-order valence-electron chi connectivity index (χ2n) is 5.37. The summed E-state index contributed by atoms with van der Waals surface area (Å²) in [4.78, 5) is 11.0. The number of thioether (sulfide) groups is 1. The standard InChI is InChI=1S/C18H16FN3O3S/c1-12(23)20-15-6-8-16(9-7-15)24-10-17-21-22-18(25-17)26-11-13-2-4-14(19)5-3-13/h2-9H,10-11H2,1H3,(H,20,23). The van der Waals surface area contributed by atoms with Gasteiger partial charge in [0.25, 0.3) is 11.1 Å². The number of benzene rings is 2. The Labute approximate surface area is 153 Å². The molecule has 0 aliphatic rings. The molecule has 8 heteroatoms. The lowest BCUT2D eigenvalue weighted by atomic mass is 10.2. The van der Waals surface area contributed by atoms with Crippen molar-refractivity contribution in [2.24, 2.45) is 0 Å². The molecule has 0 aliphatic carbocycles. The Bertz CT molecular complexity index is 866. The first-order valence-electron chi connectivity index (χ1n) is 7.78. The third kappa shape index (κ3) is 5.32. The first-order chi connectivity index (χ1) is 12.6. The first kappa shape index (κ1) is 17.9. The zero-order valence-corrected chi connectivity index (χ0v) is 14.8. The van der Waals surface area contributed by atoms with E-state index in [1.54, 1.807) is 36.4 Å². The Morgan fingerprint density at radius 2 is 1.88 bits per heavy atom. The lowest BCUT2D eigenvalue weighted by Gasteiger charge is -2.05. The van der Waals surface area contributed by atoms with Crippen LogP contribution < -0.4 is 10.1 Å². The molecular formula is C18H16FN3O3S. The van der Waals surface area contributed by atoms with Crippen LogP contribution in [0, 0.1) is 5.82 Å². The van der Waals surface area contributed by atoms with E-state index >= 15 is 0 Å². The number of hydrogen-bond donors (Lipinski definition) is 1. The summed E-state index contributed by atoms with van der Waals surface area (Å²) in [7, 11) is 0. The van der Waals surface area contributed by atoms with Crippen LogP contribution in [0.1, 0.15) is 18.4 Å². The van der Waals surface area contributed by atoms with Crippen molar-refractivity contribution in [3.8, 4) is 5.75 Å². The molecule has 0 aliphatic heterocycles. The zero-order valence-electron chi connectivity index (χ0n) is 13.9. The van der Waals surface area contributed by atoms with E-state index < -0.39 is 0 Å². The predicted octanol–water partition coefficient (Wildman–Crippen LogP) is 4.04. The average molecular weight is 373 g/mol. The summed E-state index contributed by atoms with van der Waals surface area (Å²) in [6.07, 6.45) is 0. The second kappa shape index (κ2) is 8.48. The summed E-state index contributed by atoms with van der Waals surface area (Å²) in [5, 5.41) is 11.0. The van der Waals surface area contributed by atoms with Crippen LogP contribution in [0.3, 0.4) is 0 Å². The van der Waals surface area contributed by atoms with Gasteiger partial charge >= 0.3 is 0 Å². The van der Waals surface area contributed by atoms with E-state index in [-0.39, 0.29) is 18.3 Å². The lowest BCUT2D eigenvalue weighted by Crippen LogP contribution is -2.05. The number of anilines is 1. The van der Waals surface area contributed by atoms with Gasteiger partial charge in [0, 0.05) is 18.4 Å². The Morgan fingerprint density at radius 3 is 2.58 bits per heavy atom. The number of carbonyl (C=O) groups is 1. The quantitative estimate of drug-likeness (QED) is 0.630. The summed E-state index contributed by atoms with van der Waals surface area (Å²) >= 11 is 1.37. The third-order valence-electron chi connectivity index (χ3n) is 3.26. The van der Waals surface area contributed by atoms with Crippen LogP contribution in [0.5, 0.6) is 5.75 Å². The number of nitrogens with one attached hydrogen (secondary N) is 1. The van der Waals surface area contributed by atoms with Crippen molar-refractivity contribution in [1.29, 1.82) is 0 Å². The van der Waals surface area contributed by atoms with Crippen molar-refractivity contribution in [3.63, 3.8) is 0 Å². The highest BCUT2D eigenvalue weighted by atomic mass is 32.2. The highest BCUT2D eigenvalue weighted by Gasteiger charge is 2.08. The number of hydrogen-bond acceptors (Lipinski definition) is 6. The summed E-state index contributed by atoms with van der Waals surface area (Å²) in [5.74, 6) is 1.19. The number of amides is 1. The maximum Gasteiger partial charge on any atom is 0.277 e. The number of carbonyl (C=O) groups excluding carboxylic acids is 1. The van der Waals surface area contributed by atoms with E-state index in [1.807, 2.05) is 0 Å². The van der Waals surface area contributed by atoms with Crippen molar-refractivity contribution in [1.82, 2.24) is 10.2 Å². The molecular weight excluding hydrogens is 357 g/mol. The molecule has 6 nitrogen and oxygen atoms in total. The van der Waals surface area contributed by atoms with Crippen molar-refractivity contribution in [3.05, 3.63) is 65.8 Å². The molecule has 0 unspecified atom stereocenters. The van der Waals surface area contributed by atoms with Crippen LogP contribution >= 0.6 is 11.8 Å². The van der Waals surface area contributed by atoms with E-state index in [2.05, 4.69) is 15.5 Å². The van der Waals surface area contributed by atoms with E-state index in [9.17, 15) is 9.18 Å². The molecule has 1 amide bonds. The molecule has 0 atom stereocenters. The van der Waals surface area contributed by atoms with Gasteiger partial charge in [-0.25, -0.2) is 4.39 Å². The molecule has 1 aromatic heterocycles. The van der Waals surface area contributed by atoms with Crippen molar-refractivity contribution >= 4 is 23.4 Å². The predicted molar refractivity (Wildman–Crippen MR) is 95.3 cm³/mol. The fourth-order valence-electron chi connectivity index (χ4n) is 2.06. The van der Waals surface area contributed by atoms with Crippen molar-refractivity contribution in [2.75, 3.05) is 5.32 Å². The number of aromatic nitrogens is 2. The second-order valence-corrected chi connectivity index (χ2v) is 6.30. The molecule has 0 saturated carbocycles. The van der Waals surface area contributed by atoms with Gasteiger partial charge in [-0.2, -0.15) is 0 Å². The molecule has 1 N–H and O–H groups in total. The van der Waals surface area contributed by atoms with Gasteiger partial charge in [-0.05, 0) is 42.0 Å². The highest BCUT2D eigenvalue weighted by molar-refractivity contribution is 7.98. The van der Waals surface area contributed by atoms with E-state index in [1.165, 1.54) is 30.8 Å². The Kier molecular flexibility index (Phi) is 5.85. The summed E-state index contributed by atoms with van der Waals surface area (Å²) in [5.41, 5.74) is 1.66. The average Bonchev–Trinajstić information content (AvgIpc) is 3.08. The van der Waals surface area contributed by atoms with Gasteiger partial charge in [-0.1, -0.05) is 23.9 Å². The lowest BCUT2D eigenvalue weighted by molar-refractivity contribution is -0.114. The topological polar surface area (TPSA) is 77.2 Å². The van der Waals surface area contributed by atoms with Crippen LogP contribution in [-0.2, 0) is 17.2 Å². The SMILES string of the molecule is CC(=O)Nc1ccc(OCc2nnc(SCc3ccc(F)cc3)o2)cc1. The van der Waals surface area contributed by atoms with Gasteiger partial charge in [0.2, 0.25) is 5.91 Å². The molecule has 0 radical (unpaired) electrons. The van der Waals surface area contributed by atoms with Gasteiger partial charge in [-0.15, -0.1) is 10.2 Å². The fraction of sp³-hybridized carbons (Fsp3) is 0.167. The minimum atomic E-state index is -0.263. The van der Waals surface area contributed by atoms with Crippen LogP contribution in [0.2, 0.25) is 0 Å². The first-order valence-corrected chi connectivity index (χ1v) is 8.77. The number of rotatable bonds is 7. The summed E-state index contributed by atoms with van der Waals surface area (Å²) in [6.45, 7) is 1.59. The normalized spacial score (nSPS) is 10.5. The molecule has 0 saturated heterocycles.